The van der Waals surface area contributed by atoms with E-state index >= 15 is 0 Å². The number of nitrogens with one attached hydrogen (secondary N) is 1. The van der Waals surface area contributed by atoms with E-state index in [0.29, 0.717) is 0 Å². The summed E-state index contributed by atoms with van der Waals surface area (Å²) in [6, 6.07) is 11.2. The number of ketones is 1. The van der Waals surface area contributed by atoms with Crippen LogP contribution in [0.4, 0.5) is 23.5 Å². The molecule has 27 heavy (non-hydrogen) atoms. The molecular weight excluding hydrogens is 366 g/mol. The lowest BCUT2D eigenvalue weighted by molar-refractivity contribution is -0.167. The molecule has 0 radical (unpaired) electrons. The fraction of sp³-hybridized carbons (Fsp3) is 0.0556. The van der Waals surface area contributed by atoms with Gasteiger partial charge in [0.2, 0.25) is 5.95 Å². The van der Waals surface area contributed by atoms with Crippen molar-refractivity contribution in [3.63, 3.8) is 0 Å². The number of hydrogen-bond acceptors (Lipinski definition) is 3. The minimum Gasteiger partial charge on any atom is -0.289 e. The van der Waals surface area contributed by atoms with E-state index < -0.39 is 29.6 Å². The van der Waals surface area contributed by atoms with Crippen LogP contribution in [0.3, 0.4) is 0 Å². The lowest BCUT2D eigenvalue weighted by atomic mass is 10.0. The molecule has 0 aliphatic heterocycles. The van der Waals surface area contributed by atoms with E-state index in [0.717, 1.165) is 22.9 Å². The number of aromatic nitrogens is 2. The molecule has 1 amide bonds. The Bertz CT molecular complexity index is 997. The molecule has 3 aromatic rings. The summed E-state index contributed by atoms with van der Waals surface area (Å²) in [6.07, 6.45) is -2.71. The summed E-state index contributed by atoms with van der Waals surface area (Å²) in [7, 11) is 0. The Hall–Kier alpha value is -3.49. The Morgan fingerprint density at radius 2 is 1.74 bits per heavy atom. The SMILES string of the molecule is O=C(c1ccccc1)c1cc(F)ccc1-n1ccnc1NC(=O)C(F)(F)F. The molecule has 0 bridgehead atoms. The van der Waals surface area contributed by atoms with E-state index in [1.165, 1.54) is 24.4 Å². The number of amides is 1. The fourth-order valence-corrected chi connectivity index (χ4v) is 2.41. The number of alkyl halides is 3. The Morgan fingerprint density at radius 1 is 1.04 bits per heavy atom. The lowest BCUT2D eigenvalue weighted by Gasteiger charge is -2.14. The van der Waals surface area contributed by atoms with Crippen molar-refractivity contribution in [2.75, 3.05) is 5.32 Å². The lowest BCUT2D eigenvalue weighted by Crippen LogP contribution is -2.31. The van der Waals surface area contributed by atoms with Crippen LogP contribution >= 0.6 is 0 Å². The van der Waals surface area contributed by atoms with Crippen LogP contribution in [0.25, 0.3) is 5.69 Å². The highest BCUT2D eigenvalue weighted by Crippen LogP contribution is 2.24. The molecule has 3 rings (SSSR count). The van der Waals surface area contributed by atoms with Crippen LogP contribution in [0, 0.1) is 5.82 Å². The van der Waals surface area contributed by atoms with Gasteiger partial charge in [-0.3, -0.25) is 19.5 Å². The molecule has 0 fully saturated rings. The second kappa shape index (κ2) is 7.02. The third-order valence-electron chi connectivity index (χ3n) is 3.62. The maximum Gasteiger partial charge on any atom is 0.471 e. The van der Waals surface area contributed by atoms with Crippen LogP contribution in [0.2, 0.25) is 0 Å². The monoisotopic (exact) mass is 377 g/mol. The van der Waals surface area contributed by atoms with Gasteiger partial charge in [-0.2, -0.15) is 13.2 Å². The van der Waals surface area contributed by atoms with Crippen LogP contribution < -0.4 is 5.32 Å². The molecule has 2 aromatic carbocycles. The number of halogens is 4. The standard InChI is InChI=1S/C18H11F4N3O2/c19-12-6-7-14(13(10-12)15(26)11-4-2-1-3-5-11)25-9-8-23-17(25)24-16(27)18(20,21)22/h1-10H,(H,23,24,27). The maximum atomic E-state index is 13.7. The minimum absolute atomic E-state index is 0.0697. The number of imidazole rings is 1. The molecule has 9 heteroatoms. The van der Waals surface area contributed by atoms with Crippen LogP contribution in [0.15, 0.2) is 60.9 Å². The minimum atomic E-state index is -5.11. The van der Waals surface area contributed by atoms with Crippen molar-refractivity contribution in [1.82, 2.24) is 9.55 Å². The molecule has 5 nitrogen and oxygen atoms in total. The molecule has 0 spiro atoms. The van der Waals surface area contributed by atoms with Gasteiger partial charge in [-0.1, -0.05) is 30.3 Å². The largest absolute Gasteiger partial charge is 0.471 e. The van der Waals surface area contributed by atoms with Crippen molar-refractivity contribution >= 4 is 17.6 Å². The number of carbonyl (C=O) groups is 2. The van der Waals surface area contributed by atoms with Gasteiger partial charge in [0, 0.05) is 23.5 Å². The van der Waals surface area contributed by atoms with Gasteiger partial charge >= 0.3 is 12.1 Å². The van der Waals surface area contributed by atoms with Crippen molar-refractivity contribution in [3.05, 3.63) is 77.9 Å². The summed E-state index contributed by atoms with van der Waals surface area (Å²) in [4.78, 5) is 27.6. The second-order valence-corrected chi connectivity index (χ2v) is 5.43. The molecular formula is C18H11F4N3O2. The predicted molar refractivity (Wildman–Crippen MR) is 88.1 cm³/mol. The first-order valence-corrected chi connectivity index (χ1v) is 7.58. The number of nitrogens with zero attached hydrogens (tertiary/aromatic N) is 2. The van der Waals surface area contributed by atoms with Gasteiger partial charge in [0.15, 0.2) is 5.78 Å². The smallest absolute Gasteiger partial charge is 0.289 e. The molecule has 0 saturated heterocycles. The van der Waals surface area contributed by atoms with E-state index in [1.54, 1.807) is 23.5 Å². The van der Waals surface area contributed by atoms with E-state index in [2.05, 4.69) is 4.98 Å². The van der Waals surface area contributed by atoms with E-state index in [4.69, 9.17) is 0 Å². The zero-order valence-corrected chi connectivity index (χ0v) is 13.5. The first-order chi connectivity index (χ1) is 12.8. The maximum absolute atomic E-state index is 13.7. The van der Waals surface area contributed by atoms with Crippen molar-refractivity contribution < 1.29 is 27.2 Å². The molecule has 1 N–H and O–H groups in total. The highest BCUT2D eigenvalue weighted by atomic mass is 19.4. The molecule has 138 valence electrons. The average molecular weight is 377 g/mol. The number of rotatable bonds is 4. The van der Waals surface area contributed by atoms with Crippen LogP contribution in [0.1, 0.15) is 15.9 Å². The topological polar surface area (TPSA) is 64.0 Å². The number of benzene rings is 2. The van der Waals surface area contributed by atoms with Gasteiger partial charge in [-0.15, -0.1) is 0 Å². The highest BCUT2D eigenvalue weighted by molar-refractivity contribution is 6.11. The predicted octanol–water partition coefficient (Wildman–Crippen LogP) is 3.74. The van der Waals surface area contributed by atoms with Crippen LogP contribution in [0.5, 0.6) is 0 Å². The quantitative estimate of drug-likeness (QED) is 0.557. The van der Waals surface area contributed by atoms with Crippen molar-refractivity contribution in [3.8, 4) is 5.69 Å². The van der Waals surface area contributed by atoms with Gasteiger partial charge in [0.1, 0.15) is 5.82 Å². The molecule has 0 atom stereocenters. The molecule has 0 aliphatic carbocycles. The van der Waals surface area contributed by atoms with Crippen molar-refractivity contribution in [1.29, 1.82) is 0 Å². The van der Waals surface area contributed by atoms with Crippen LogP contribution in [-0.2, 0) is 4.79 Å². The third kappa shape index (κ3) is 3.86. The molecule has 0 saturated carbocycles. The van der Waals surface area contributed by atoms with Crippen LogP contribution in [-0.4, -0.2) is 27.4 Å². The van der Waals surface area contributed by atoms with Gasteiger partial charge in [0.05, 0.1) is 5.69 Å². The number of anilines is 1. The zero-order chi connectivity index (χ0) is 19.6. The number of carbonyl (C=O) groups excluding carboxylic acids is 2. The summed E-state index contributed by atoms with van der Waals surface area (Å²) < 4.78 is 52.3. The Kier molecular flexibility index (Phi) is 4.76. The molecule has 0 unspecified atom stereocenters. The average Bonchev–Trinajstić information content (AvgIpc) is 3.09. The summed E-state index contributed by atoms with van der Waals surface area (Å²) in [6.45, 7) is 0. The highest BCUT2D eigenvalue weighted by Gasteiger charge is 2.39. The van der Waals surface area contributed by atoms with Gasteiger partial charge in [-0.25, -0.2) is 9.37 Å². The number of hydrogen-bond donors (Lipinski definition) is 1. The van der Waals surface area contributed by atoms with E-state index in [1.807, 2.05) is 0 Å². The van der Waals surface area contributed by atoms with E-state index in [-0.39, 0.29) is 16.8 Å². The summed E-state index contributed by atoms with van der Waals surface area (Å²) >= 11 is 0. The first kappa shape index (κ1) is 18.3. The zero-order valence-electron chi connectivity index (χ0n) is 13.5. The summed E-state index contributed by atoms with van der Waals surface area (Å²) in [5.74, 6) is -3.90. The normalized spacial score (nSPS) is 11.3. The van der Waals surface area contributed by atoms with Gasteiger partial charge in [0.25, 0.3) is 0 Å². The Balaban J connectivity index is 2.06. The fourth-order valence-electron chi connectivity index (χ4n) is 2.41. The van der Waals surface area contributed by atoms with E-state index in [9.17, 15) is 27.2 Å². The third-order valence-corrected chi connectivity index (χ3v) is 3.62. The summed E-state index contributed by atoms with van der Waals surface area (Å²) in [5, 5.41) is 1.63. The molecule has 1 aromatic heterocycles. The Morgan fingerprint density at radius 3 is 2.41 bits per heavy atom. The van der Waals surface area contributed by atoms with Gasteiger partial charge < -0.3 is 0 Å². The molecule has 1 heterocycles. The van der Waals surface area contributed by atoms with Gasteiger partial charge in [-0.05, 0) is 18.2 Å². The summed E-state index contributed by atoms with van der Waals surface area (Å²) in [5.41, 5.74) is 0.243. The first-order valence-electron chi connectivity index (χ1n) is 7.58. The van der Waals surface area contributed by atoms with Crippen molar-refractivity contribution in [2.24, 2.45) is 0 Å². The molecule has 0 aliphatic rings. The van der Waals surface area contributed by atoms with Crippen molar-refractivity contribution in [2.45, 2.75) is 6.18 Å². The Labute approximate surface area is 150 Å². The second-order valence-electron chi connectivity index (χ2n) is 5.43.